The van der Waals surface area contributed by atoms with Crippen molar-refractivity contribution in [2.24, 2.45) is 0 Å². The number of ether oxygens (including phenoxy) is 1. The molecule has 4 rings (SSSR count). The molecular weight excluding hydrogens is 358 g/mol. The summed E-state index contributed by atoms with van der Waals surface area (Å²) in [7, 11) is -3.79. The van der Waals surface area contributed by atoms with E-state index in [0.717, 1.165) is 13.0 Å². The minimum absolute atomic E-state index is 0.0643. The van der Waals surface area contributed by atoms with Crippen LogP contribution in [0, 0.1) is 0 Å². The van der Waals surface area contributed by atoms with Crippen molar-refractivity contribution in [3.05, 3.63) is 29.8 Å². The van der Waals surface area contributed by atoms with Crippen LogP contribution in [0.1, 0.15) is 37.5 Å². The molecule has 26 heavy (non-hydrogen) atoms. The van der Waals surface area contributed by atoms with Crippen LogP contribution in [0.2, 0.25) is 0 Å². The molecule has 0 fully saturated rings. The molecule has 0 radical (unpaired) electrons. The van der Waals surface area contributed by atoms with Crippen molar-refractivity contribution in [2.45, 2.75) is 43.7 Å². The van der Waals surface area contributed by atoms with E-state index in [1.165, 1.54) is 12.1 Å². The summed E-state index contributed by atoms with van der Waals surface area (Å²) in [6.07, 6.45) is 2.18. The maximum Gasteiger partial charge on any atom is 0.262 e. The molecular formula is C16H19N5O4S. The lowest BCUT2D eigenvalue weighted by atomic mass is 10.1. The standard InChI is InChI=1S/C16H19N5O4S/c1-2-14-18-16-11(4-3-7-21(16)19-14)20-26(23,24)10-5-6-13-12(8-10)17-15(22)9-25-13/h5-6,8,11,20H,2-4,7,9H2,1H3,(H,17,22). The molecule has 1 amide bonds. The van der Waals surface area contributed by atoms with Crippen LogP contribution in [0.3, 0.4) is 0 Å². The highest BCUT2D eigenvalue weighted by atomic mass is 32.2. The van der Waals surface area contributed by atoms with Gasteiger partial charge in [-0.15, -0.1) is 0 Å². The van der Waals surface area contributed by atoms with Gasteiger partial charge in [0.05, 0.1) is 16.6 Å². The molecule has 0 spiro atoms. The number of hydrogen-bond donors (Lipinski definition) is 2. The Morgan fingerprint density at radius 3 is 3.08 bits per heavy atom. The highest BCUT2D eigenvalue weighted by Crippen LogP contribution is 2.31. The zero-order chi connectivity index (χ0) is 18.3. The molecule has 1 unspecified atom stereocenters. The second-order valence-electron chi connectivity index (χ2n) is 6.27. The van der Waals surface area contributed by atoms with Crippen LogP contribution in [0.5, 0.6) is 5.75 Å². The first-order valence-electron chi connectivity index (χ1n) is 8.49. The van der Waals surface area contributed by atoms with Crippen molar-refractivity contribution < 1.29 is 17.9 Å². The van der Waals surface area contributed by atoms with E-state index in [0.29, 0.717) is 35.9 Å². The summed E-state index contributed by atoms with van der Waals surface area (Å²) in [6.45, 7) is 2.63. The van der Waals surface area contributed by atoms with Gasteiger partial charge in [-0.25, -0.2) is 22.8 Å². The lowest BCUT2D eigenvalue weighted by Crippen LogP contribution is -2.33. The molecule has 0 aliphatic carbocycles. The maximum atomic E-state index is 12.8. The number of nitrogens with one attached hydrogen (secondary N) is 2. The Labute approximate surface area is 150 Å². The Kier molecular flexibility index (Phi) is 4.16. The monoisotopic (exact) mass is 377 g/mol. The lowest BCUT2D eigenvalue weighted by Gasteiger charge is -2.23. The largest absolute Gasteiger partial charge is 0.482 e. The number of benzene rings is 1. The number of carbonyl (C=O) groups excluding carboxylic acids is 1. The fourth-order valence-electron chi connectivity index (χ4n) is 3.15. The maximum absolute atomic E-state index is 12.8. The SMILES string of the molecule is CCc1nc2n(n1)CCCC2NS(=O)(=O)c1ccc2c(c1)NC(=O)CO2. The number of nitrogens with zero attached hydrogens (tertiary/aromatic N) is 3. The number of anilines is 1. The van der Waals surface area contributed by atoms with Gasteiger partial charge in [0.25, 0.3) is 5.91 Å². The van der Waals surface area contributed by atoms with Crippen LogP contribution in [0.4, 0.5) is 5.69 Å². The van der Waals surface area contributed by atoms with Crippen LogP contribution in [-0.2, 0) is 27.8 Å². The first-order valence-corrected chi connectivity index (χ1v) is 9.97. The van der Waals surface area contributed by atoms with Gasteiger partial charge >= 0.3 is 0 Å². The Balaban J connectivity index is 1.62. The van der Waals surface area contributed by atoms with E-state index in [2.05, 4.69) is 20.1 Å². The molecule has 1 aromatic carbocycles. The Hall–Kier alpha value is -2.46. The quantitative estimate of drug-likeness (QED) is 0.821. The van der Waals surface area contributed by atoms with Gasteiger partial charge in [-0.05, 0) is 31.0 Å². The van der Waals surface area contributed by atoms with E-state index in [1.807, 2.05) is 6.92 Å². The van der Waals surface area contributed by atoms with E-state index in [4.69, 9.17) is 4.74 Å². The molecule has 2 aliphatic rings. The normalized spacial score (nSPS) is 19.3. The van der Waals surface area contributed by atoms with Crippen molar-refractivity contribution in [3.8, 4) is 5.75 Å². The molecule has 2 aromatic rings. The van der Waals surface area contributed by atoms with Crippen LogP contribution in [0.15, 0.2) is 23.1 Å². The number of aromatic nitrogens is 3. The highest BCUT2D eigenvalue weighted by Gasteiger charge is 2.29. The predicted octanol–water partition coefficient (Wildman–Crippen LogP) is 0.985. The number of carbonyl (C=O) groups is 1. The minimum atomic E-state index is -3.79. The third-order valence-corrected chi connectivity index (χ3v) is 5.90. The van der Waals surface area contributed by atoms with E-state index >= 15 is 0 Å². The topological polar surface area (TPSA) is 115 Å². The second kappa shape index (κ2) is 6.36. The van der Waals surface area contributed by atoms with Crippen molar-refractivity contribution >= 4 is 21.6 Å². The Morgan fingerprint density at radius 2 is 2.27 bits per heavy atom. The van der Waals surface area contributed by atoms with E-state index in [1.54, 1.807) is 10.7 Å². The number of hydrogen-bond acceptors (Lipinski definition) is 6. The smallest absolute Gasteiger partial charge is 0.262 e. The third-order valence-electron chi connectivity index (χ3n) is 4.43. The fraction of sp³-hybridized carbons (Fsp3) is 0.438. The van der Waals surface area contributed by atoms with Crippen LogP contribution >= 0.6 is 0 Å². The van der Waals surface area contributed by atoms with Gasteiger partial charge in [-0.3, -0.25) is 4.79 Å². The summed E-state index contributed by atoms with van der Waals surface area (Å²) < 4.78 is 35.4. The first kappa shape index (κ1) is 17.0. The van der Waals surface area contributed by atoms with Crippen molar-refractivity contribution in [1.82, 2.24) is 19.5 Å². The average molecular weight is 377 g/mol. The molecule has 9 nitrogen and oxygen atoms in total. The zero-order valence-electron chi connectivity index (χ0n) is 14.2. The van der Waals surface area contributed by atoms with Gasteiger partial charge in [0.15, 0.2) is 12.4 Å². The van der Waals surface area contributed by atoms with Crippen LogP contribution in [-0.4, -0.2) is 35.7 Å². The summed E-state index contributed by atoms with van der Waals surface area (Å²) in [6, 6.07) is 3.98. The number of aryl methyl sites for hydroxylation is 2. The Bertz CT molecular complexity index is 969. The van der Waals surface area contributed by atoms with Gasteiger partial charge < -0.3 is 10.1 Å². The molecule has 0 saturated carbocycles. The molecule has 0 saturated heterocycles. The third kappa shape index (κ3) is 3.06. The molecule has 1 atom stereocenters. The minimum Gasteiger partial charge on any atom is -0.482 e. The zero-order valence-corrected chi connectivity index (χ0v) is 15.0. The predicted molar refractivity (Wildman–Crippen MR) is 92.3 cm³/mol. The molecule has 1 aromatic heterocycles. The second-order valence-corrected chi connectivity index (χ2v) is 7.99. The molecule has 2 aliphatic heterocycles. The highest BCUT2D eigenvalue weighted by molar-refractivity contribution is 7.89. The van der Waals surface area contributed by atoms with Gasteiger partial charge in [-0.2, -0.15) is 5.10 Å². The number of rotatable bonds is 4. The van der Waals surface area contributed by atoms with Crippen LogP contribution < -0.4 is 14.8 Å². The van der Waals surface area contributed by atoms with Crippen molar-refractivity contribution in [3.63, 3.8) is 0 Å². The fourth-order valence-corrected chi connectivity index (χ4v) is 4.40. The molecule has 138 valence electrons. The van der Waals surface area contributed by atoms with E-state index in [-0.39, 0.29) is 17.4 Å². The number of fused-ring (bicyclic) bond motifs is 2. The number of sulfonamides is 1. The van der Waals surface area contributed by atoms with Crippen LogP contribution in [0.25, 0.3) is 0 Å². The summed E-state index contributed by atoms with van der Waals surface area (Å²) in [4.78, 5) is 16.0. The summed E-state index contributed by atoms with van der Waals surface area (Å²) in [5.41, 5.74) is 0.351. The summed E-state index contributed by atoms with van der Waals surface area (Å²) >= 11 is 0. The summed E-state index contributed by atoms with van der Waals surface area (Å²) in [5.74, 6) is 1.49. The van der Waals surface area contributed by atoms with E-state index in [9.17, 15) is 13.2 Å². The van der Waals surface area contributed by atoms with Crippen molar-refractivity contribution in [1.29, 1.82) is 0 Å². The molecule has 10 heteroatoms. The lowest BCUT2D eigenvalue weighted by molar-refractivity contribution is -0.118. The van der Waals surface area contributed by atoms with E-state index < -0.39 is 16.1 Å². The molecule has 2 N–H and O–H groups in total. The van der Waals surface area contributed by atoms with Crippen molar-refractivity contribution in [2.75, 3.05) is 11.9 Å². The van der Waals surface area contributed by atoms with Gasteiger partial charge in [0, 0.05) is 13.0 Å². The molecule has 3 heterocycles. The Morgan fingerprint density at radius 1 is 1.42 bits per heavy atom. The summed E-state index contributed by atoms with van der Waals surface area (Å²) in [5, 5.41) is 7.01. The number of amides is 1. The van der Waals surface area contributed by atoms with Gasteiger partial charge in [0.2, 0.25) is 10.0 Å². The van der Waals surface area contributed by atoms with Gasteiger partial charge in [0.1, 0.15) is 11.6 Å². The first-order chi connectivity index (χ1) is 12.5. The average Bonchev–Trinajstić information content (AvgIpc) is 3.05. The molecule has 0 bridgehead atoms. The van der Waals surface area contributed by atoms with Gasteiger partial charge in [-0.1, -0.05) is 6.92 Å².